The summed E-state index contributed by atoms with van der Waals surface area (Å²) in [7, 11) is 0. The number of hydrogen-bond acceptors (Lipinski definition) is 4. The first kappa shape index (κ1) is 11.1. The van der Waals surface area contributed by atoms with E-state index in [1.54, 1.807) is 22.3 Å². The van der Waals surface area contributed by atoms with Gasteiger partial charge in [-0.2, -0.15) is 5.10 Å². The monoisotopic (exact) mass is 256 g/mol. The molecule has 0 unspecified atom stereocenters. The van der Waals surface area contributed by atoms with Crippen LogP contribution in [0.4, 0.5) is 0 Å². The second kappa shape index (κ2) is 4.34. The summed E-state index contributed by atoms with van der Waals surface area (Å²) in [4.78, 5) is 8.58. The van der Waals surface area contributed by atoms with E-state index in [1.165, 1.54) is 11.9 Å². The Morgan fingerprint density at radius 2 is 1.89 bits per heavy atom. The summed E-state index contributed by atoms with van der Waals surface area (Å²) in [5.74, 6) is 0. The zero-order valence-corrected chi connectivity index (χ0v) is 11.0. The minimum atomic E-state index is 0.961. The minimum absolute atomic E-state index is 0.961. The van der Waals surface area contributed by atoms with E-state index in [2.05, 4.69) is 46.3 Å². The van der Waals surface area contributed by atoms with Crippen LogP contribution in [0, 0.1) is 13.8 Å². The molecule has 4 nitrogen and oxygen atoms in total. The second-order valence-electron chi connectivity index (χ2n) is 4.09. The zero-order chi connectivity index (χ0) is 12.5. The fraction of sp³-hybridized carbons (Fsp3) is 0.154. The number of thiazole rings is 1. The Hall–Kier alpha value is -2.01. The van der Waals surface area contributed by atoms with E-state index in [0.717, 1.165) is 21.3 Å². The molecule has 0 aliphatic rings. The fourth-order valence-electron chi connectivity index (χ4n) is 1.78. The highest BCUT2D eigenvalue weighted by atomic mass is 32.1. The van der Waals surface area contributed by atoms with Crippen LogP contribution >= 0.6 is 11.3 Å². The molecular weight excluding hydrogens is 244 g/mol. The predicted octanol–water partition coefficient (Wildman–Crippen LogP) is 3.01. The SMILES string of the molecule is Cc1ccc(-c2nc(C)sc2-n2cncn2)cc1. The van der Waals surface area contributed by atoms with Gasteiger partial charge in [-0.1, -0.05) is 41.2 Å². The second-order valence-corrected chi connectivity index (χ2v) is 5.27. The molecule has 90 valence electrons. The molecule has 0 spiro atoms. The molecule has 0 fully saturated rings. The molecule has 0 amide bonds. The maximum Gasteiger partial charge on any atom is 0.147 e. The Morgan fingerprint density at radius 3 is 2.56 bits per heavy atom. The smallest absolute Gasteiger partial charge is 0.147 e. The van der Waals surface area contributed by atoms with Gasteiger partial charge in [-0.05, 0) is 13.8 Å². The molecule has 18 heavy (non-hydrogen) atoms. The van der Waals surface area contributed by atoms with Crippen LogP contribution in [0.25, 0.3) is 16.3 Å². The lowest BCUT2D eigenvalue weighted by atomic mass is 10.1. The fourth-order valence-corrected chi connectivity index (χ4v) is 2.65. The molecule has 0 saturated carbocycles. The Bertz CT molecular complexity index is 653. The van der Waals surface area contributed by atoms with Gasteiger partial charge in [0, 0.05) is 5.56 Å². The highest BCUT2D eigenvalue weighted by Gasteiger charge is 2.13. The molecular formula is C13H12N4S. The molecule has 0 aliphatic carbocycles. The molecule has 2 aromatic heterocycles. The van der Waals surface area contributed by atoms with E-state index < -0.39 is 0 Å². The van der Waals surface area contributed by atoms with Gasteiger partial charge in [0.1, 0.15) is 23.3 Å². The van der Waals surface area contributed by atoms with E-state index in [1.807, 2.05) is 6.92 Å². The maximum atomic E-state index is 4.60. The van der Waals surface area contributed by atoms with Crippen LogP contribution in [0.1, 0.15) is 10.6 Å². The summed E-state index contributed by atoms with van der Waals surface area (Å²) < 4.78 is 1.76. The van der Waals surface area contributed by atoms with Crippen molar-refractivity contribution in [1.29, 1.82) is 0 Å². The number of rotatable bonds is 2. The van der Waals surface area contributed by atoms with E-state index in [9.17, 15) is 0 Å². The van der Waals surface area contributed by atoms with Crippen LogP contribution in [-0.4, -0.2) is 19.7 Å². The van der Waals surface area contributed by atoms with Gasteiger partial charge in [-0.3, -0.25) is 0 Å². The zero-order valence-electron chi connectivity index (χ0n) is 10.2. The number of aromatic nitrogens is 4. The summed E-state index contributed by atoms with van der Waals surface area (Å²) >= 11 is 1.62. The van der Waals surface area contributed by atoms with E-state index in [4.69, 9.17) is 0 Å². The molecule has 0 radical (unpaired) electrons. The summed E-state index contributed by atoms with van der Waals surface area (Å²) in [6.45, 7) is 4.08. The molecule has 1 aromatic carbocycles. The van der Waals surface area contributed by atoms with Gasteiger partial charge >= 0.3 is 0 Å². The molecule has 5 heteroatoms. The van der Waals surface area contributed by atoms with Crippen molar-refractivity contribution in [3.8, 4) is 16.3 Å². The normalized spacial score (nSPS) is 10.8. The summed E-state index contributed by atoms with van der Waals surface area (Å²) in [6, 6.07) is 8.36. The van der Waals surface area contributed by atoms with Crippen LogP contribution in [0.2, 0.25) is 0 Å². The van der Waals surface area contributed by atoms with Gasteiger partial charge in [0.2, 0.25) is 0 Å². The van der Waals surface area contributed by atoms with Crippen molar-refractivity contribution in [2.45, 2.75) is 13.8 Å². The molecule has 0 atom stereocenters. The van der Waals surface area contributed by atoms with E-state index in [0.29, 0.717) is 0 Å². The third kappa shape index (κ3) is 1.93. The lowest BCUT2D eigenvalue weighted by Crippen LogP contribution is -1.93. The maximum absolute atomic E-state index is 4.60. The molecule has 0 bridgehead atoms. The number of aryl methyl sites for hydroxylation is 2. The topological polar surface area (TPSA) is 43.6 Å². The van der Waals surface area contributed by atoms with Crippen molar-refractivity contribution in [3.63, 3.8) is 0 Å². The van der Waals surface area contributed by atoms with Gasteiger partial charge in [0.15, 0.2) is 0 Å². The Labute approximate surface area is 109 Å². The van der Waals surface area contributed by atoms with E-state index in [-0.39, 0.29) is 0 Å². The van der Waals surface area contributed by atoms with Crippen molar-refractivity contribution in [3.05, 3.63) is 47.5 Å². The lowest BCUT2D eigenvalue weighted by molar-refractivity contribution is 0.894. The van der Waals surface area contributed by atoms with Gasteiger partial charge in [0.25, 0.3) is 0 Å². The van der Waals surface area contributed by atoms with Crippen molar-refractivity contribution >= 4 is 11.3 Å². The first-order chi connectivity index (χ1) is 8.74. The van der Waals surface area contributed by atoms with Crippen molar-refractivity contribution in [2.75, 3.05) is 0 Å². The number of hydrogen-bond donors (Lipinski definition) is 0. The molecule has 2 heterocycles. The summed E-state index contributed by atoms with van der Waals surface area (Å²) in [6.07, 6.45) is 3.23. The van der Waals surface area contributed by atoms with Crippen LogP contribution in [0.3, 0.4) is 0 Å². The summed E-state index contributed by atoms with van der Waals surface area (Å²) in [5, 5.41) is 6.21. The number of benzene rings is 1. The van der Waals surface area contributed by atoms with Crippen LogP contribution in [-0.2, 0) is 0 Å². The molecule has 0 N–H and O–H groups in total. The molecule has 3 aromatic rings. The third-order valence-electron chi connectivity index (χ3n) is 2.67. The Kier molecular flexibility index (Phi) is 2.68. The Balaban J connectivity index is 2.15. The van der Waals surface area contributed by atoms with Gasteiger partial charge in [-0.15, -0.1) is 0 Å². The summed E-state index contributed by atoms with van der Waals surface area (Å²) in [5.41, 5.74) is 3.31. The highest BCUT2D eigenvalue weighted by molar-refractivity contribution is 7.14. The molecule has 0 aliphatic heterocycles. The van der Waals surface area contributed by atoms with Crippen molar-refractivity contribution in [2.24, 2.45) is 0 Å². The van der Waals surface area contributed by atoms with E-state index >= 15 is 0 Å². The first-order valence-corrected chi connectivity index (χ1v) is 6.45. The van der Waals surface area contributed by atoms with Crippen LogP contribution < -0.4 is 0 Å². The lowest BCUT2D eigenvalue weighted by Gasteiger charge is -2.02. The van der Waals surface area contributed by atoms with Crippen molar-refractivity contribution < 1.29 is 0 Å². The van der Waals surface area contributed by atoms with Gasteiger partial charge in [0.05, 0.1) is 5.01 Å². The highest BCUT2D eigenvalue weighted by Crippen LogP contribution is 2.30. The van der Waals surface area contributed by atoms with Crippen LogP contribution in [0.15, 0.2) is 36.9 Å². The Morgan fingerprint density at radius 1 is 1.11 bits per heavy atom. The largest absolute Gasteiger partial charge is 0.239 e. The first-order valence-electron chi connectivity index (χ1n) is 5.63. The average molecular weight is 256 g/mol. The number of nitrogens with zero attached hydrogens (tertiary/aromatic N) is 4. The van der Waals surface area contributed by atoms with Crippen LogP contribution in [0.5, 0.6) is 0 Å². The quantitative estimate of drug-likeness (QED) is 0.708. The predicted molar refractivity (Wildman–Crippen MR) is 71.9 cm³/mol. The average Bonchev–Trinajstić information content (AvgIpc) is 2.98. The minimum Gasteiger partial charge on any atom is -0.239 e. The standard InChI is InChI=1S/C13H12N4S/c1-9-3-5-11(6-4-9)12-13(18-10(2)16-12)17-8-14-7-15-17/h3-8H,1-2H3. The molecule has 0 saturated heterocycles. The van der Waals surface area contributed by atoms with Crippen molar-refractivity contribution in [1.82, 2.24) is 19.7 Å². The van der Waals surface area contributed by atoms with Gasteiger partial charge < -0.3 is 0 Å². The third-order valence-corrected chi connectivity index (χ3v) is 3.63. The molecule has 3 rings (SSSR count). The van der Waals surface area contributed by atoms with Gasteiger partial charge in [-0.25, -0.2) is 14.6 Å².